The molecule has 2 heteroatoms. The lowest BCUT2D eigenvalue weighted by molar-refractivity contribution is -0.145. The van der Waals surface area contributed by atoms with Crippen LogP contribution in [0.4, 0.5) is 0 Å². The zero-order valence-corrected chi connectivity index (χ0v) is 12.5. The lowest BCUT2D eigenvalue weighted by atomic mass is 9.48. The molecule has 5 aliphatic rings. The van der Waals surface area contributed by atoms with Gasteiger partial charge < -0.3 is 5.11 Å². The van der Waals surface area contributed by atoms with Crippen molar-refractivity contribution in [2.75, 3.05) is 0 Å². The molecular weight excluding hydrogens is 248 g/mol. The van der Waals surface area contributed by atoms with Gasteiger partial charge in [-0.3, -0.25) is 4.79 Å². The summed E-state index contributed by atoms with van der Waals surface area (Å²) in [6, 6.07) is 0. The molecule has 0 amide bonds. The van der Waals surface area contributed by atoms with Crippen molar-refractivity contribution in [3.8, 4) is 0 Å². The molecule has 20 heavy (non-hydrogen) atoms. The van der Waals surface area contributed by atoms with Crippen molar-refractivity contribution in [1.82, 2.24) is 0 Å². The zero-order chi connectivity index (χ0) is 13.7. The van der Waals surface area contributed by atoms with Gasteiger partial charge in [0.2, 0.25) is 0 Å². The average Bonchev–Trinajstić information content (AvgIpc) is 2.40. The molecule has 5 saturated carbocycles. The Bertz CT molecular complexity index is 357. The first-order valence-corrected chi connectivity index (χ1v) is 8.84. The normalized spacial score (nSPS) is 50.4. The summed E-state index contributed by atoms with van der Waals surface area (Å²) < 4.78 is 0. The van der Waals surface area contributed by atoms with Crippen LogP contribution in [0.5, 0.6) is 0 Å². The van der Waals surface area contributed by atoms with Crippen LogP contribution in [-0.4, -0.2) is 17.0 Å². The van der Waals surface area contributed by atoms with E-state index >= 15 is 0 Å². The number of hydrogen-bond donors (Lipinski definition) is 1. The molecule has 5 aliphatic carbocycles. The van der Waals surface area contributed by atoms with Gasteiger partial charge in [0.05, 0.1) is 6.10 Å². The van der Waals surface area contributed by atoms with Crippen LogP contribution in [0.2, 0.25) is 0 Å². The predicted molar refractivity (Wildman–Crippen MR) is 78.2 cm³/mol. The Morgan fingerprint density at radius 2 is 1.40 bits per heavy atom. The highest BCUT2D eigenvalue weighted by atomic mass is 16.3. The van der Waals surface area contributed by atoms with E-state index in [9.17, 15) is 9.90 Å². The van der Waals surface area contributed by atoms with Crippen molar-refractivity contribution >= 4 is 5.78 Å². The summed E-state index contributed by atoms with van der Waals surface area (Å²) in [7, 11) is 0. The first kappa shape index (κ1) is 13.3. The van der Waals surface area contributed by atoms with Gasteiger partial charge in [-0.1, -0.05) is 0 Å². The quantitative estimate of drug-likeness (QED) is 0.853. The van der Waals surface area contributed by atoms with Crippen LogP contribution in [0.3, 0.4) is 0 Å². The summed E-state index contributed by atoms with van der Waals surface area (Å²) in [5.74, 6) is 3.80. The highest BCUT2D eigenvalue weighted by Crippen LogP contribution is 2.60. The van der Waals surface area contributed by atoms with Crippen LogP contribution in [0.1, 0.15) is 70.6 Å². The molecule has 1 N–H and O–H groups in total. The Kier molecular flexibility index (Phi) is 3.21. The van der Waals surface area contributed by atoms with Crippen molar-refractivity contribution in [3.05, 3.63) is 0 Å². The van der Waals surface area contributed by atoms with E-state index < -0.39 is 0 Å². The minimum atomic E-state index is -0.0964. The molecule has 0 saturated heterocycles. The third-order valence-electron chi connectivity index (χ3n) is 6.92. The molecule has 0 unspecified atom stereocenters. The number of ketones is 1. The van der Waals surface area contributed by atoms with E-state index in [-0.39, 0.29) is 11.5 Å². The molecule has 0 aromatic rings. The molecule has 0 heterocycles. The monoisotopic (exact) mass is 276 g/mol. The van der Waals surface area contributed by atoms with E-state index in [2.05, 4.69) is 0 Å². The summed E-state index contributed by atoms with van der Waals surface area (Å²) in [4.78, 5) is 13.0. The molecule has 0 aromatic heterocycles. The van der Waals surface area contributed by atoms with Gasteiger partial charge in [0, 0.05) is 11.8 Å². The van der Waals surface area contributed by atoms with Crippen LogP contribution in [-0.2, 0) is 4.79 Å². The fraction of sp³-hybridized carbons (Fsp3) is 0.944. The van der Waals surface area contributed by atoms with Crippen molar-refractivity contribution < 1.29 is 9.90 Å². The first-order chi connectivity index (χ1) is 9.63. The van der Waals surface area contributed by atoms with Crippen LogP contribution in [0.15, 0.2) is 0 Å². The van der Waals surface area contributed by atoms with Crippen molar-refractivity contribution in [3.63, 3.8) is 0 Å². The molecule has 2 nitrogen and oxygen atoms in total. The third-order valence-corrected chi connectivity index (χ3v) is 6.92. The number of aliphatic hydroxyl groups is 1. The van der Waals surface area contributed by atoms with Crippen molar-refractivity contribution in [2.24, 2.45) is 29.1 Å². The second-order valence-electron chi connectivity index (χ2n) is 8.50. The summed E-state index contributed by atoms with van der Waals surface area (Å²) in [6.07, 6.45) is 12.6. The second kappa shape index (κ2) is 4.83. The number of hydrogen-bond acceptors (Lipinski definition) is 2. The summed E-state index contributed by atoms with van der Waals surface area (Å²) in [6.45, 7) is 0. The van der Waals surface area contributed by atoms with E-state index in [0.717, 1.165) is 49.9 Å². The largest absolute Gasteiger partial charge is 0.393 e. The predicted octanol–water partition coefficient (Wildman–Crippen LogP) is 3.71. The number of aliphatic hydroxyl groups excluding tert-OH is 1. The Balaban J connectivity index is 1.43. The lowest BCUT2D eigenvalue weighted by Gasteiger charge is -2.56. The van der Waals surface area contributed by atoms with E-state index in [4.69, 9.17) is 0 Å². The minimum Gasteiger partial charge on any atom is -0.393 e. The smallest absolute Gasteiger partial charge is 0.139 e. The van der Waals surface area contributed by atoms with E-state index in [1.807, 2.05) is 0 Å². The molecule has 5 fully saturated rings. The Morgan fingerprint density at radius 3 is 1.90 bits per heavy atom. The molecule has 0 spiro atoms. The van der Waals surface area contributed by atoms with Gasteiger partial charge in [0.25, 0.3) is 0 Å². The molecule has 112 valence electrons. The van der Waals surface area contributed by atoms with Crippen LogP contribution < -0.4 is 0 Å². The Labute approximate surface area is 122 Å². The van der Waals surface area contributed by atoms with Crippen LogP contribution in [0, 0.1) is 29.1 Å². The Hall–Kier alpha value is -0.370. The third kappa shape index (κ3) is 2.24. The van der Waals surface area contributed by atoms with Gasteiger partial charge in [0.1, 0.15) is 5.78 Å². The maximum Gasteiger partial charge on any atom is 0.139 e. The lowest BCUT2D eigenvalue weighted by Crippen LogP contribution is -2.50. The fourth-order valence-corrected chi connectivity index (χ4v) is 6.28. The molecule has 0 aliphatic heterocycles. The molecule has 0 radical (unpaired) electrons. The van der Waals surface area contributed by atoms with Crippen LogP contribution >= 0.6 is 0 Å². The fourth-order valence-electron chi connectivity index (χ4n) is 6.28. The SMILES string of the molecule is O=C(CC1CCC(O)CC1)C12CC3CC(CC(C3)C1)C2. The second-order valence-corrected chi connectivity index (χ2v) is 8.50. The topological polar surface area (TPSA) is 37.3 Å². The van der Waals surface area contributed by atoms with Crippen molar-refractivity contribution in [1.29, 1.82) is 0 Å². The van der Waals surface area contributed by atoms with Gasteiger partial charge in [0.15, 0.2) is 0 Å². The number of rotatable bonds is 3. The van der Waals surface area contributed by atoms with Gasteiger partial charge >= 0.3 is 0 Å². The number of carbonyl (C=O) groups excluding carboxylic acids is 1. The Morgan fingerprint density at radius 1 is 0.900 bits per heavy atom. The number of Topliss-reactive ketones (excluding diaryl/α,β-unsaturated/α-hetero) is 1. The standard InChI is InChI=1S/C18H28O2/c19-16-3-1-12(2-4-16)8-17(20)18-9-13-5-14(10-18)7-15(6-13)11-18/h12-16,19H,1-11H2. The summed E-state index contributed by atoms with van der Waals surface area (Å²) >= 11 is 0. The van der Waals surface area contributed by atoms with Crippen LogP contribution in [0.25, 0.3) is 0 Å². The molecule has 0 aromatic carbocycles. The molecule has 4 bridgehead atoms. The van der Waals surface area contributed by atoms with Gasteiger partial charge in [-0.25, -0.2) is 0 Å². The first-order valence-electron chi connectivity index (χ1n) is 8.84. The highest BCUT2D eigenvalue weighted by Gasteiger charge is 2.54. The molecule has 5 rings (SSSR count). The van der Waals surface area contributed by atoms with Gasteiger partial charge in [-0.2, -0.15) is 0 Å². The summed E-state index contributed by atoms with van der Waals surface area (Å²) in [5.41, 5.74) is 0.102. The molecular formula is C18H28O2. The van der Waals surface area contributed by atoms with Gasteiger partial charge in [-0.15, -0.1) is 0 Å². The maximum atomic E-state index is 13.0. The van der Waals surface area contributed by atoms with Crippen molar-refractivity contribution in [2.45, 2.75) is 76.7 Å². The maximum absolute atomic E-state index is 13.0. The number of carbonyl (C=O) groups is 1. The minimum absolute atomic E-state index is 0.0964. The van der Waals surface area contributed by atoms with E-state index in [1.165, 1.54) is 38.5 Å². The summed E-state index contributed by atoms with van der Waals surface area (Å²) in [5, 5.41) is 9.61. The average molecular weight is 276 g/mol. The molecule has 0 atom stereocenters. The van der Waals surface area contributed by atoms with Gasteiger partial charge in [-0.05, 0) is 87.9 Å². The zero-order valence-electron chi connectivity index (χ0n) is 12.5. The van der Waals surface area contributed by atoms with E-state index in [1.54, 1.807) is 0 Å². The van der Waals surface area contributed by atoms with E-state index in [0.29, 0.717) is 11.7 Å². The highest BCUT2D eigenvalue weighted by molar-refractivity contribution is 5.85.